The minimum atomic E-state index is -4.77. The van der Waals surface area contributed by atoms with Crippen LogP contribution in [0, 0.1) is 0 Å². The van der Waals surface area contributed by atoms with Crippen LogP contribution < -0.4 is 15.4 Å². The first kappa shape index (κ1) is 33.6. The smallest absolute Gasteiger partial charge is 0.420 e. The van der Waals surface area contributed by atoms with E-state index in [1.807, 2.05) is 27.7 Å². The molecule has 2 N–H and O–H groups in total. The van der Waals surface area contributed by atoms with Crippen molar-refractivity contribution < 1.29 is 35.6 Å². The SMILES string of the molecule is COc1cc(NCCP(=O)(C(C)C)C(C)C)ccc1Nc1ncc(C(F)(F)F)c(SCc2cccc(C(F)(F)F)c2)n1. The molecule has 230 valence electrons. The Morgan fingerprint density at radius 1 is 0.976 bits per heavy atom. The number of nitrogens with one attached hydrogen (secondary N) is 2. The van der Waals surface area contributed by atoms with E-state index < -0.39 is 35.6 Å². The van der Waals surface area contributed by atoms with Gasteiger partial charge >= 0.3 is 12.4 Å². The molecule has 0 unspecified atom stereocenters. The number of nitrogens with zero attached hydrogens (tertiary/aromatic N) is 2. The maximum Gasteiger partial charge on any atom is 0.420 e. The Labute approximate surface area is 245 Å². The lowest BCUT2D eigenvalue weighted by molar-refractivity contribution is -0.140. The van der Waals surface area contributed by atoms with Crippen LogP contribution in [0.15, 0.2) is 53.7 Å². The van der Waals surface area contributed by atoms with Crippen LogP contribution in [-0.4, -0.2) is 41.1 Å². The van der Waals surface area contributed by atoms with E-state index in [-0.39, 0.29) is 28.6 Å². The first-order chi connectivity index (χ1) is 19.5. The molecule has 0 bridgehead atoms. The molecular weight excluding hydrogens is 601 g/mol. The van der Waals surface area contributed by atoms with Crippen molar-refractivity contribution in [2.75, 3.05) is 30.5 Å². The number of aromatic nitrogens is 2. The second-order valence-electron chi connectivity index (χ2n) is 10.1. The number of rotatable bonds is 12. The Bertz CT molecular complexity index is 1400. The van der Waals surface area contributed by atoms with Crippen LogP contribution in [-0.2, 0) is 22.7 Å². The molecule has 0 aliphatic heterocycles. The molecule has 0 atom stereocenters. The van der Waals surface area contributed by atoms with Gasteiger partial charge in [-0.05, 0) is 23.8 Å². The quantitative estimate of drug-likeness (QED) is 0.0891. The van der Waals surface area contributed by atoms with E-state index in [2.05, 4.69) is 20.6 Å². The molecule has 1 heterocycles. The van der Waals surface area contributed by atoms with Crippen LogP contribution in [0.2, 0.25) is 0 Å². The zero-order valence-corrected chi connectivity index (χ0v) is 25.4. The molecule has 0 saturated heterocycles. The van der Waals surface area contributed by atoms with E-state index in [1.165, 1.54) is 19.2 Å². The highest BCUT2D eigenvalue weighted by atomic mass is 32.2. The zero-order valence-electron chi connectivity index (χ0n) is 23.7. The fourth-order valence-corrected chi connectivity index (χ4v) is 7.88. The lowest BCUT2D eigenvalue weighted by atomic mass is 10.1. The minimum Gasteiger partial charge on any atom is -0.494 e. The topological polar surface area (TPSA) is 76.1 Å². The lowest BCUT2D eigenvalue weighted by Gasteiger charge is -2.26. The average Bonchev–Trinajstić information content (AvgIpc) is 2.91. The Kier molecular flexibility index (Phi) is 10.9. The molecule has 0 spiro atoms. The summed E-state index contributed by atoms with van der Waals surface area (Å²) in [5.41, 5.74) is -0.584. The standard InChI is InChI=1S/C28H33F6N4O2PS/c1-17(2)41(39,18(3)4)12-11-35-21-9-10-23(24(14-21)40-5)37-26-36-15-22(28(32,33)34)25(38-26)42-16-19-7-6-8-20(13-19)27(29,30)31/h6-10,13-15,17-18,35H,11-12,16H2,1-5H3,(H,36,37,38). The van der Waals surface area contributed by atoms with Crippen molar-refractivity contribution in [1.29, 1.82) is 0 Å². The number of alkyl halides is 6. The predicted molar refractivity (Wildman–Crippen MR) is 156 cm³/mol. The molecule has 0 aliphatic carbocycles. The van der Waals surface area contributed by atoms with Gasteiger partial charge in [-0.1, -0.05) is 45.9 Å². The molecule has 2 aromatic carbocycles. The third-order valence-electron chi connectivity index (χ3n) is 6.68. The van der Waals surface area contributed by atoms with Crippen molar-refractivity contribution in [3.05, 3.63) is 65.4 Å². The van der Waals surface area contributed by atoms with Gasteiger partial charge in [-0.3, -0.25) is 0 Å². The van der Waals surface area contributed by atoms with E-state index in [1.54, 1.807) is 18.2 Å². The normalized spacial score (nSPS) is 12.6. The highest BCUT2D eigenvalue weighted by Gasteiger charge is 2.36. The third-order valence-corrected chi connectivity index (χ3v) is 12.2. The summed E-state index contributed by atoms with van der Waals surface area (Å²) in [4.78, 5) is 7.83. The lowest BCUT2D eigenvalue weighted by Crippen LogP contribution is -2.17. The number of methoxy groups -OCH3 is 1. The van der Waals surface area contributed by atoms with Gasteiger partial charge in [-0.2, -0.15) is 26.3 Å². The maximum atomic E-state index is 13.7. The second kappa shape index (κ2) is 13.6. The summed E-state index contributed by atoms with van der Waals surface area (Å²) in [5, 5.41) is 5.67. The van der Waals surface area contributed by atoms with Crippen molar-refractivity contribution in [3.63, 3.8) is 0 Å². The Morgan fingerprint density at radius 2 is 1.67 bits per heavy atom. The molecular formula is C28H33F6N4O2PS. The van der Waals surface area contributed by atoms with Gasteiger partial charge in [0.05, 0.1) is 25.5 Å². The summed E-state index contributed by atoms with van der Waals surface area (Å²) < 4.78 is 98.9. The average molecular weight is 635 g/mol. The summed E-state index contributed by atoms with van der Waals surface area (Å²) in [6, 6.07) is 9.45. The summed E-state index contributed by atoms with van der Waals surface area (Å²) in [5.74, 6) is 0.0363. The van der Waals surface area contributed by atoms with Gasteiger partial charge in [0.1, 0.15) is 16.3 Å². The van der Waals surface area contributed by atoms with E-state index in [0.717, 1.165) is 12.1 Å². The number of thioether (sulfide) groups is 1. The van der Waals surface area contributed by atoms with Gasteiger partial charge in [-0.25, -0.2) is 9.97 Å². The highest BCUT2D eigenvalue weighted by molar-refractivity contribution is 7.98. The molecule has 0 aliphatic rings. The van der Waals surface area contributed by atoms with Crippen LogP contribution in [0.25, 0.3) is 0 Å². The first-order valence-corrected chi connectivity index (χ1v) is 16.1. The van der Waals surface area contributed by atoms with Crippen LogP contribution in [0.5, 0.6) is 5.75 Å². The minimum absolute atomic E-state index is 0.0669. The van der Waals surface area contributed by atoms with E-state index >= 15 is 0 Å². The molecule has 1 aromatic heterocycles. The molecule has 0 radical (unpaired) electrons. The van der Waals surface area contributed by atoms with E-state index in [0.29, 0.717) is 47.8 Å². The third kappa shape index (κ3) is 8.56. The second-order valence-corrected chi connectivity index (χ2v) is 15.3. The molecule has 0 amide bonds. The van der Waals surface area contributed by atoms with Crippen LogP contribution >= 0.6 is 18.9 Å². The molecule has 42 heavy (non-hydrogen) atoms. The number of anilines is 3. The first-order valence-electron chi connectivity index (χ1n) is 13.0. The van der Waals surface area contributed by atoms with Gasteiger partial charge in [0.25, 0.3) is 0 Å². The number of ether oxygens (including phenoxy) is 1. The number of hydrogen-bond acceptors (Lipinski definition) is 7. The molecule has 0 saturated carbocycles. The van der Waals surface area contributed by atoms with Crippen LogP contribution in [0.4, 0.5) is 43.7 Å². The summed E-state index contributed by atoms with van der Waals surface area (Å²) in [6.07, 6.45) is -8.19. The number of benzene rings is 2. The summed E-state index contributed by atoms with van der Waals surface area (Å²) >= 11 is 0.656. The summed E-state index contributed by atoms with van der Waals surface area (Å²) in [7, 11) is -0.955. The van der Waals surface area contributed by atoms with Crippen molar-refractivity contribution >= 4 is 36.2 Å². The van der Waals surface area contributed by atoms with E-state index in [9.17, 15) is 30.9 Å². The molecule has 6 nitrogen and oxygen atoms in total. The van der Waals surface area contributed by atoms with Crippen molar-refractivity contribution in [2.45, 2.75) is 62.1 Å². The fourth-order valence-electron chi connectivity index (χ4n) is 4.23. The number of halogens is 6. The van der Waals surface area contributed by atoms with Crippen LogP contribution in [0.1, 0.15) is 44.4 Å². The van der Waals surface area contributed by atoms with Crippen LogP contribution in [0.3, 0.4) is 0 Å². The van der Waals surface area contributed by atoms with Crippen molar-refractivity contribution in [1.82, 2.24) is 9.97 Å². The van der Waals surface area contributed by atoms with Gasteiger partial charge in [0.2, 0.25) is 5.95 Å². The maximum absolute atomic E-state index is 13.7. The van der Waals surface area contributed by atoms with Gasteiger partial charge in [0.15, 0.2) is 0 Å². The summed E-state index contributed by atoms with van der Waals surface area (Å²) in [6.45, 7) is 8.33. The van der Waals surface area contributed by atoms with Crippen molar-refractivity contribution in [2.24, 2.45) is 0 Å². The highest BCUT2D eigenvalue weighted by Crippen LogP contribution is 2.54. The monoisotopic (exact) mass is 634 g/mol. The number of hydrogen-bond donors (Lipinski definition) is 2. The van der Waals surface area contributed by atoms with Crippen molar-refractivity contribution in [3.8, 4) is 5.75 Å². The predicted octanol–water partition coefficient (Wildman–Crippen LogP) is 9.15. The van der Waals surface area contributed by atoms with Gasteiger partial charge in [-0.15, -0.1) is 11.8 Å². The Morgan fingerprint density at radius 3 is 2.26 bits per heavy atom. The molecule has 0 fully saturated rings. The molecule has 3 rings (SSSR count). The van der Waals surface area contributed by atoms with Gasteiger partial charge < -0.3 is 19.9 Å². The fraction of sp³-hybridized carbons (Fsp3) is 0.429. The molecule has 3 aromatic rings. The van der Waals surface area contributed by atoms with Gasteiger partial charge in [0, 0.05) is 47.7 Å². The Balaban J connectivity index is 1.79. The van der Waals surface area contributed by atoms with E-state index in [4.69, 9.17) is 4.74 Å². The largest absolute Gasteiger partial charge is 0.494 e. The zero-order chi connectivity index (χ0) is 31.3. The Hall–Kier alpha value is -2.92. The molecule has 14 heteroatoms.